The molecule has 0 aliphatic heterocycles. The van der Waals surface area contributed by atoms with E-state index in [1.165, 1.54) is 34.7 Å². The summed E-state index contributed by atoms with van der Waals surface area (Å²) in [5, 5.41) is -0.0827. The maximum Gasteiger partial charge on any atom is 0.344 e. The molecule has 0 bridgehead atoms. The molecule has 0 atom stereocenters. The Kier molecular flexibility index (Phi) is 9.19. The van der Waals surface area contributed by atoms with Crippen LogP contribution in [0.3, 0.4) is 0 Å². The maximum atomic E-state index is 14.6. The zero-order chi connectivity index (χ0) is 32.2. The van der Waals surface area contributed by atoms with E-state index in [0.717, 1.165) is 11.6 Å². The van der Waals surface area contributed by atoms with Gasteiger partial charge < -0.3 is 13.5 Å². The van der Waals surface area contributed by atoms with Gasteiger partial charge >= 0.3 is 16.1 Å². The number of hydrogen-bond acceptors (Lipinski definition) is 8. The van der Waals surface area contributed by atoms with Crippen LogP contribution in [0, 0.1) is 44.3 Å². The molecule has 0 N–H and O–H groups in total. The number of hydrogen-bond donors (Lipinski definition) is 0. The third-order valence-corrected chi connectivity index (χ3v) is 10.4. The predicted molar refractivity (Wildman–Crippen MR) is 162 cm³/mol. The molecule has 0 saturated heterocycles. The van der Waals surface area contributed by atoms with Gasteiger partial charge in [-0.2, -0.15) is 17.2 Å². The largest absolute Gasteiger partial charge is 0.744 e. The van der Waals surface area contributed by atoms with E-state index in [4.69, 9.17) is 4.74 Å². The van der Waals surface area contributed by atoms with Crippen molar-refractivity contribution in [2.24, 2.45) is 0 Å². The van der Waals surface area contributed by atoms with E-state index in [1.54, 1.807) is 38.1 Å². The summed E-state index contributed by atoms with van der Waals surface area (Å²) in [7, 11) is -11.4. The molecule has 0 unspecified atom stereocenters. The van der Waals surface area contributed by atoms with Gasteiger partial charge in [0, 0.05) is 17.9 Å². The quantitative estimate of drug-likeness (QED) is 0.0380. The van der Waals surface area contributed by atoms with Crippen molar-refractivity contribution in [2.45, 2.75) is 23.6 Å². The van der Waals surface area contributed by atoms with Gasteiger partial charge in [-0.1, -0.05) is 36.9 Å². The first-order chi connectivity index (χ1) is 19.9. The van der Waals surface area contributed by atoms with Crippen LogP contribution in [0.2, 0.25) is 0 Å². The Hall–Kier alpha value is -2.81. The summed E-state index contributed by atoms with van der Waals surface area (Å²) in [5.41, 5.74) is 2.19. The standard InChI is InChI=1S/C27H16F4I2O8S2/c1-4-13-8-11(2)18(12(3)9-13)27(34)40-17-10-16(33)25(14-6-5-7-15(32)19(14)17)43(38,39)41-24-20(28)22(30)26(42(35,36)37)23(31)21(24)29/h4-10H,1H2,2-3H3,(H,35,36,37)/p-1. The second kappa shape index (κ2) is 11.9. The van der Waals surface area contributed by atoms with Crippen LogP contribution in [0.4, 0.5) is 17.6 Å². The molecular formula is C27H15F4I2O8S2-. The van der Waals surface area contributed by atoms with Crippen molar-refractivity contribution < 1.29 is 52.7 Å². The predicted octanol–water partition coefficient (Wildman–Crippen LogP) is 6.76. The molecular weight excluding hydrogens is 846 g/mol. The highest BCUT2D eigenvalue weighted by molar-refractivity contribution is 14.1. The molecule has 8 nitrogen and oxygen atoms in total. The number of aryl methyl sites for hydroxylation is 2. The van der Waals surface area contributed by atoms with E-state index in [2.05, 4.69) is 10.8 Å². The first-order valence-corrected chi connectivity index (χ1v) is 16.5. The number of carbonyl (C=O) groups excluding carboxylic acids is 1. The number of halogens is 6. The van der Waals surface area contributed by atoms with E-state index in [-0.39, 0.29) is 25.7 Å². The van der Waals surface area contributed by atoms with Gasteiger partial charge in [0.15, 0.2) is 11.6 Å². The molecule has 4 aromatic carbocycles. The van der Waals surface area contributed by atoms with Crippen LogP contribution in [0.25, 0.3) is 16.8 Å². The molecule has 0 heterocycles. The van der Waals surface area contributed by atoms with Crippen LogP contribution in [0.5, 0.6) is 11.5 Å². The number of fused-ring (bicyclic) bond motifs is 1. The summed E-state index contributed by atoms with van der Waals surface area (Å²) in [6, 6.07) is 8.82. The second-order valence-corrected chi connectivity index (χ2v) is 14.0. The Labute approximate surface area is 269 Å². The molecule has 0 saturated carbocycles. The van der Waals surface area contributed by atoms with Gasteiger partial charge in [-0.3, -0.25) is 0 Å². The van der Waals surface area contributed by atoms with E-state index in [1.807, 2.05) is 22.6 Å². The lowest BCUT2D eigenvalue weighted by Gasteiger charge is -2.18. The lowest BCUT2D eigenvalue weighted by atomic mass is 9.99. The molecule has 0 aromatic heterocycles. The van der Waals surface area contributed by atoms with Crippen LogP contribution in [-0.4, -0.2) is 27.4 Å². The van der Waals surface area contributed by atoms with Crippen molar-refractivity contribution >= 4 is 88.2 Å². The smallest absolute Gasteiger partial charge is 0.344 e. The topological polar surface area (TPSA) is 127 Å². The average molecular weight is 861 g/mol. The zero-order valence-electron chi connectivity index (χ0n) is 21.6. The van der Waals surface area contributed by atoms with E-state index in [9.17, 15) is 43.7 Å². The van der Waals surface area contributed by atoms with Crippen molar-refractivity contribution in [3.8, 4) is 11.5 Å². The molecule has 0 aliphatic rings. The number of carbonyl (C=O) groups is 1. The highest BCUT2D eigenvalue weighted by atomic mass is 127. The Balaban J connectivity index is 1.88. The average Bonchev–Trinajstić information content (AvgIpc) is 2.88. The molecule has 0 amide bonds. The van der Waals surface area contributed by atoms with Gasteiger partial charge in [-0.05, 0) is 87.9 Å². The van der Waals surface area contributed by atoms with Crippen molar-refractivity contribution in [2.75, 3.05) is 0 Å². The van der Waals surface area contributed by atoms with Gasteiger partial charge in [-0.25, -0.2) is 22.0 Å². The lowest BCUT2D eigenvalue weighted by molar-refractivity contribution is 0.0735. The van der Waals surface area contributed by atoms with Crippen molar-refractivity contribution in [3.63, 3.8) is 0 Å². The molecule has 0 fully saturated rings. The van der Waals surface area contributed by atoms with Gasteiger partial charge in [0.05, 0.1) is 5.56 Å². The third kappa shape index (κ3) is 6.11. The number of ether oxygens (including phenoxy) is 1. The fraction of sp³-hybridized carbons (Fsp3) is 0.0741. The minimum atomic E-state index is -6.04. The fourth-order valence-electron chi connectivity index (χ4n) is 4.30. The molecule has 226 valence electrons. The van der Waals surface area contributed by atoms with Gasteiger partial charge in [0.2, 0.25) is 17.4 Å². The first-order valence-electron chi connectivity index (χ1n) is 11.5. The Morgan fingerprint density at radius 1 is 0.884 bits per heavy atom. The molecule has 43 heavy (non-hydrogen) atoms. The van der Waals surface area contributed by atoms with Crippen LogP contribution in [-0.2, 0) is 20.2 Å². The van der Waals surface area contributed by atoms with Crippen molar-refractivity contribution in [1.82, 2.24) is 0 Å². The van der Waals surface area contributed by atoms with Crippen LogP contribution < -0.4 is 8.92 Å². The van der Waals surface area contributed by atoms with Crippen molar-refractivity contribution in [3.05, 3.63) is 95.6 Å². The third-order valence-electron chi connectivity index (χ3n) is 6.05. The van der Waals surface area contributed by atoms with E-state index >= 15 is 0 Å². The summed E-state index contributed by atoms with van der Waals surface area (Å²) in [4.78, 5) is 10.1. The SMILES string of the molecule is C=Cc1cc(C)c(C(=O)Oc2cc(I)c(S(=O)(=O)Oc3c(F)c(F)c(S(=O)(=O)[O-])c(F)c3F)c3cccc(I)c23)c(C)c1. The second-order valence-electron chi connectivity index (χ2n) is 8.88. The summed E-state index contributed by atoms with van der Waals surface area (Å²) < 4.78 is 128. The minimum Gasteiger partial charge on any atom is -0.744 e. The van der Waals surface area contributed by atoms with E-state index in [0.29, 0.717) is 14.7 Å². The summed E-state index contributed by atoms with van der Waals surface area (Å²) in [6.45, 7) is 7.09. The summed E-state index contributed by atoms with van der Waals surface area (Å²) in [6.07, 6.45) is 1.61. The molecule has 0 radical (unpaired) electrons. The maximum absolute atomic E-state index is 14.6. The summed E-state index contributed by atoms with van der Waals surface area (Å²) >= 11 is 3.36. The first kappa shape index (κ1) is 33.1. The highest BCUT2D eigenvalue weighted by Gasteiger charge is 2.35. The summed E-state index contributed by atoms with van der Waals surface area (Å²) in [5.74, 6) is -13.4. The zero-order valence-corrected chi connectivity index (χ0v) is 27.5. The Bertz CT molecular complexity index is 2050. The van der Waals surface area contributed by atoms with Crippen LogP contribution >= 0.6 is 45.2 Å². The molecule has 16 heteroatoms. The minimum absolute atomic E-state index is 0.0724. The van der Waals surface area contributed by atoms with Crippen molar-refractivity contribution in [1.29, 1.82) is 0 Å². The number of rotatable bonds is 7. The van der Waals surface area contributed by atoms with E-state index < -0.39 is 65.0 Å². The lowest BCUT2D eigenvalue weighted by Crippen LogP contribution is -2.18. The Morgan fingerprint density at radius 2 is 1.44 bits per heavy atom. The highest BCUT2D eigenvalue weighted by Crippen LogP contribution is 2.41. The van der Waals surface area contributed by atoms with Gasteiger partial charge in [0.1, 0.15) is 25.7 Å². The monoisotopic (exact) mass is 861 g/mol. The van der Waals surface area contributed by atoms with Gasteiger partial charge in [-0.15, -0.1) is 0 Å². The molecule has 0 spiro atoms. The normalized spacial score (nSPS) is 11.9. The molecule has 0 aliphatic carbocycles. The van der Waals surface area contributed by atoms with Gasteiger partial charge in [0.25, 0.3) is 0 Å². The molecule has 4 aromatic rings. The Morgan fingerprint density at radius 3 is 1.95 bits per heavy atom. The number of benzene rings is 4. The fourth-order valence-corrected chi connectivity index (χ4v) is 8.25. The van der Waals surface area contributed by atoms with Crippen LogP contribution in [0.1, 0.15) is 27.0 Å². The molecule has 4 rings (SSSR count). The van der Waals surface area contributed by atoms with Crippen LogP contribution in [0.15, 0.2) is 52.8 Å². The number of esters is 1.